The molecular weight excluding hydrogens is 422 g/mol. The number of hydrogen-bond donors (Lipinski definition) is 2. The third-order valence-corrected chi connectivity index (χ3v) is 6.27. The predicted molar refractivity (Wildman–Crippen MR) is 124 cm³/mol. The van der Waals surface area contributed by atoms with Crippen LogP contribution in [0.2, 0.25) is 0 Å². The highest BCUT2D eigenvalue weighted by molar-refractivity contribution is 7.93. The third kappa shape index (κ3) is 4.31. The van der Waals surface area contributed by atoms with Gasteiger partial charge in [-0.2, -0.15) is 0 Å². The fourth-order valence-electron chi connectivity index (χ4n) is 3.34. The standard InChI is InChI=1S/C25H19N3O3S/c1-2-21(18-10-4-3-5-11-18)27-25(29)20-14-6-7-15-22(20)28-32(30,31)23-16-8-12-19-13-9-17-26-24(19)23/h1,3-17,21,28H,(H,27,29). The molecule has 0 aliphatic rings. The van der Waals surface area contributed by atoms with Crippen molar-refractivity contribution in [3.63, 3.8) is 0 Å². The lowest BCUT2D eigenvalue weighted by atomic mass is 10.1. The number of carbonyl (C=O) groups is 1. The summed E-state index contributed by atoms with van der Waals surface area (Å²) >= 11 is 0. The first-order chi connectivity index (χ1) is 15.5. The van der Waals surface area contributed by atoms with Crippen LogP contribution in [0.3, 0.4) is 0 Å². The molecule has 6 nitrogen and oxygen atoms in total. The summed E-state index contributed by atoms with van der Waals surface area (Å²) in [6.45, 7) is 0. The van der Waals surface area contributed by atoms with Crippen LogP contribution in [0.1, 0.15) is 22.0 Å². The van der Waals surface area contributed by atoms with Crippen LogP contribution in [0.15, 0.2) is 96.0 Å². The number of nitrogens with zero attached hydrogens (tertiary/aromatic N) is 1. The van der Waals surface area contributed by atoms with Crippen molar-refractivity contribution in [3.05, 3.63) is 102 Å². The van der Waals surface area contributed by atoms with E-state index in [1.807, 2.05) is 30.3 Å². The van der Waals surface area contributed by atoms with E-state index in [9.17, 15) is 13.2 Å². The molecule has 0 saturated heterocycles. The van der Waals surface area contributed by atoms with E-state index in [1.165, 1.54) is 24.4 Å². The average molecular weight is 442 g/mol. The molecule has 1 amide bonds. The highest BCUT2D eigenvalue weighted by Gasteiger charge is 2.22. The Morgan fingerprint density at radius 3 is 2.41 bits per heavy atom. The van der Waals surface area contributed by atoms with E-state index in [1.54, 1.807) is 36.4 Å². The molecule has 0 aliphatic carbocycles. The van der Waals surface area contributed by atoms with Gasteiger partial charge >= 0.3 is 0 Å². The number of amides is 1. The van der Waals surface area contributed by atoms with Gasteiger partial charge in [0.1, 0.15) is 10.9 Å². The Morgan fingerprint density at radius 1 is 0.906 bits per heavy atom. The summed E-state index contributed by atoms with van der Waals surface area (Å²) in [6.07, 6.45) is 7.15. The zero-order valence-corrected chi connectivity index (χ0v) is 17.7. The SMILES string of the molecule is C#CC(NC(=O)c1ccccc1NS(=O)(=O)c1cccc2cccnc12)c1ccccc1. The highest BCUT2D eigenvalue weighted by Crippen LogP contribution is 2.25. The lowest BCUT2D eigenvalue weighted by Gasteiger charge is -2.16. The number of terminal acetylenes is 1. The number of aromatic nitrogens is 1. The smallest absolute Gasteiger partial charge is 0.264 e. The number of sulfonamides is 1. The van der Waals surface area contributed by atoms with Gasteiger partial charge in [0, 0.05) is 11.6 Å². The minimum atomic E-state index is -4.01. The second-order valence-corrected chi connectivity index (χ2v) is 8.62. The Kier molecular flexibility index (Phi) is 5.88. The van der Waals surface area contributed by atoms with Gasteiger partial charge in [-0.05, 0) is 29.8 Å². The molecule has 0 aliphatic heterocycles. The molecule has 1 unspecified atom stereocenters. The van der Waals surface area contributed by atoms with Gasteiger partial charge in [0.05, 0.1) is 16.8 Å². The molecule has 0 spiro atoms. The molecular formula is C25H19N3O3S. The van der Waals surface area contributed by atoms with E-state index in [2.05, 4.69) is 20.9 Å². The summed E-state index contributed by atoms with van der Waals surface area (Å²) in [5.41, 5.74) is 1.39. The van der Waals surface area contributed by atoms with E-state index in [4.69, 9.17) is 6.42 Å². The molecule has 1 heterocycles. The number of nitrogens with one attached hydrogen (secondary N) is 2. The predicted octanol–water partition coefficient (Wildman–Crippen LogP) is 4.14. The summed E-state index contributed by atoms with van der Waals surface area (Å²) in [7, 11) is -4.01. The quantitative estimate of drug-likeness (QED) is 0.440. The molecule has 7 heteroatoms. The normalized spacial score (nSPS) is 12.0. The zero-order chi connectivity index (χ0) is 22.6. The first-order valence-electron chi connectivity index (χ1n) is 9.77. The van der Waals surface area contributed by atoms with E-state index in [-0.39, 0.29) is 16.1 Å². The van der Waals surface area contributed by atoms with Gasteiger partial charge in [-0.15, -0.1) is 6.42 Å². The van der Waals surface area contributed by atoms with Gasteiger partial charge in [0.15, 0.2) is 0 Å². The van der Waals surface area contributed by atoms with Crippen molar-refractivity contribution < 1.29 is 13.2 Å². The minimum Gasteiger partial charge on any atom is -0.334 e. The van der Waals surface area contributed by atoms with E-state index >= 15 is 0 Å². The van der Waals surface area contributed by atoms with Crippen LogP contribution in [0, 0.1) is 12.3 Å². The summed E-state index contributed by atoms with van der Waals surface area (Å²) in [6, 6.07) is 23.3. The second-order valence-electron chi connectivity index (χ2n) is 6.97. The molecule has 4 rings (SSSR count). The van der Waals surface area contributed by atoms with Gasteiger partial charge in [-0.1, -0.05) is 66.6 Å². The fraction of sp³-hybridized carbons (Fsp3) is 0.0400. The zero-order valence-electron chi connectivity index (χ0n) is 16.9. The number of hydrogen-bond acceptors (Lipinski definition) is 4. The van der Waals surface area contributed by atoms with Crippen molar-refractivity contribution in [3.8, 4) is 12.3 Å². The Labute approximate surface area is 186 Å². The van der Waals surface area contributed by atoms with Gasteiger partial charge in [0.25, 0.3) is 15.9 Å². The Balaban J connectivity index is 1.65. The van der Waals surface area contributed by atoms with Crippen LogP contribution in [-0.2, 0) is 10.0 Å². The number of pyridine rings is 1. The first kappa shape index (κ1) is 21.1. The van der Waals surface area contributed by atoms with Crippen LogP contribution in [0.5, 0.6) is 0 Å². The van der Waals surface area contributed by atoms with E-state index in [0.29, 0.717) is 10.9 Å². The monoisotopic (exact) mass is 441 g/mol. The summed E-state index contributed by atoms with van der Waals surface area (Å²) in [4.78, 5) is 17.2. The maximum atomic E-state index is 13.2. The Hall–Kier alpha value is -4.15. The molecule has 1 atom stereocenters. The maximum Gasteiger partial charge on any atom is 0.264 e. The summed E-state index contributed by atoms with van der Waals surface area (Å²) < 4.78 is 28.9. The molecule has 158 valence electrons. The van der Waals surface area contributed by atoms with Crippen molar-refractivity contribution in [2.45, 2.75) is 10.9 Å². The first-order valence-corrected chi connectivity index (χ1v) is 11.3. The lowest BCUT2D eigenvalue weighted by Crippen LogP contribution is -2.28. The number of rotatable bonds is 6. The molecule has 0 saturated carbocycles. The van der Waals surface area contributed by atoms with Crippen LogP contribution >= 0.6 is 0 Å². The third-order valence-electron chi connectivity index (χ3n) is 4.88. The number of para-hydroxylation sites is 2. The van der Waals surface area contributed by atoms with E-state index in [0.717, 1.165) is 5.56 Å². The van der Waals surface area contributed by atoms with Crippen LogP contribution in [0.4, 0.5) is 5.69 Å². The molecule has 3 aromatic carbocycles. The van der Waals surface area contributed by atoms with Crippen LogP contribution in [0.25, 0.3) is 10.9 Å². The van der Waals surface area contributed by atoms with Crippen molar-refractivity contribution in [1.82, 2.24) is 10.3 Å². The number of fused-ring (bicyclic) bond motifs is 1. The second kappa shape index (κ2) is 8.92. The summed E-state index contributed by atoms with van der Waals surface area (Å²) in [5.74, 6) is 2.06. The lowest BCUT2D eigenvalue weighted by molar-refractivity contribution is 0.0946. The molecule has 32 heavy (non-hydrogen) atoms. The molecule has 0 bridgehead atoms. The number of benzene rings is 3. The van der Waals surface area contributed by atoms with Gasteiger partial charge < -0.3 is 5.32 Å². The summed E-state index contributed by atoms with van der Waals surface area (Å²) in [5, 5.41) is 3.47. The molecule has 1 aromatic heterocycles. The molecule has 0 fully saturated rings. The van der Waals surface area contributed by atoms with Gasteiger partial charge in [-0.3, -0.25) is 14.5 Å². The van der Waals surface area contributed by atoms with Gasteiger partial charge in [-0.25, -0.2) is 8.42 Å². The Bertz CT molecular complexity index is 1420. The molecule has 0 radical (unpaired) electrons. The molecule has 4 aromatic rings. The minimum absolute atomic E-state index is 0.0246. The van der Waals surface area contributed by atoms with Crippen LogP contribution < -0.4 is 10.0 Å². The number of carbonyl (C=O) groups excluding carboxylic acids is 1. The van der Waals surface area contributed by atoms with Crippen molar-refractivity contribution >= 4 is 32.5 Å². The average Bonchev–Trinajstić information content (AvgIpc) is 2.82. The van der Waals surface area contributed by atoms with Crippen LogP contribution in [-0.4, -0.2) is 19.3 Å². The van der Waals surface area contributed by atoms with Gasteiger partial charge in [0.2, 0.25) is 0 Å². The van der Waals surface area contributed by atoms with E-state index < -0.39 is 22.0 Å². The van der Waals surface area contributed by atoms with Crippen molar-refractivity contribution in [2.75, 3.05) is 4.72 Å². The topological polar surface area (TPSA) is 88.2 Å². The van der Waals surface area contributed by atoms with Crippen molar-refractivity contribution in [1.29, 1.82) is 0 Å². The molecule has 2 N–H and O–H groups in total. The maximum absolute atomic E-state index is 13.2. The Morgan fingerprint density at radius 2 is 1.62 bits per heavy atom. The van der Waals surface area contributed by atoms with Crippen molar-refractivity contribution in [2.24, 2.45) is 0 Å². The largest absolute Gasteiger partial charge is 0.334 e. The number of anilines is 1. The fourth-order valence-corrected chi connectivity index (χ4v) is 4.60. The highest BCUT2D eigenvalue weighted by atomic mass is 32.2.